The van der Waals surface area contributed by atoms with Gasteiger partial charge in [0.15, 0.2) is 5.82 Å². The molecule has 0 fully saturated rings. The summed E-state index contributed by atoms with van der Waals surface area (Å²) >= 11 is 0. The highest BCUT2D eigenvalue weighted by molar-refractivity contribution is 6.12. The predicted octanol–water partition coefficient (Wildman–Crippen LogP) is 4.11. The topological polar surface area (TPSA) is 64.7 Å². The van der Waals surface area contributed by atoms with E-state index < -0.39 is 0 Å². The monoisotopic (exact) mass is 359 g/mol. The van der Waals surface area contributed by atoms with Gasteiger partial charge in [0.1, 0.15) is 0 Å². The molecule has 3 aromatic heterocycles. The smallest absolute Gasteiger partial charge is 0.257 e. The fraction of sp³-hybridized carbons (Fsp3) is 0.190. The molecule has 0 spiro atoms. The van der Waals surface area contributed by atoms with Gasteiger partial charge in [-0.3, -0.25) is 4.79 Å². The highest BCUT2D eigenvalue weighted by Gasteiger charge is 2.15. The molecule has 0 saturated heterocycles. The quantitative estimate of drug-likeness (QED) is 0.596. The number of para-hydroxylation sites is 1. The number of carbonyl (C=O) groups excluding carboxylic acids is 1. The Bertz CT molecular complexity index is 1120. The average Bonchev–Trinajstić information content (AvgIpc) is 3.22. The number of carbonyl (C=O) groups is 1. The highest BCUT2D eigenvalue weighted by Crippen LogP contribution is 2.22. The van der Waals surface area contributed by atoms with Crippen molar-refractivity contribution < 1.29 is 4.79 Å². The number of nitrogens with one attached hydrogen (secondary N) is 1. The molecule has 1 amide bonds. The van der Waals surface area contributed by atoms with E-state index >= 15 is 0 Å². The first-order valence-corrected chi connectivity index (χ1v) is 8.95. The second kappa shape index (κ2) is 6.72. The molecular weight excluding hydrogens is 338 g/mol. The molecule has 0 aliphatic heterocycles. The van der Waals surface area contributed by atoms with Gasteiger partial charge in [-0.15, -0.1) is 0 Å². The summed E-state index contributed by atoms with van der Waals surface area (Å²) in [4.78, 5) is 17.2. The second-order valence-electron chi connectivity index (χ2n) is 6.54. The van der Waals surface area contributed by atoms with Crippen LogP contribution in [0.25, 0.3) is 16.7 Å². The van der Waals surface area contributed by atoms with Crippen LogP contribution < -0.4 is 5.32 Å². The van der Waals surface area contributed by atoms with Crippen LogP contribution >= 0.6 is 0 Å². The lowest BCUT2D eigenvalue weighted by molar-refractivity contribution is 0.102. The van der Waals surface area contributed by atoms with E-state index in [1.807, 2.05) is 62.5 Å². The fourth-order valence-electron chi connectivity index (χ4n) is 3.33. The van der Waals surface area contributed by atoms with Crippen LogP contribution in [0.5, 0.6) is 0 Å². The molecule has 0 bridgehead atoms. The van der Waals surface area contributed by atoms with E-state index in [0.717, 1.165) is 34.7 Å². The lowest BCUT2D eigenvalue weighted by Gasteiger charge is -2.07. The molecule has 0 unspecified atom stereocenters. The van der Waals surface area contributed by atoms with Crippen LogP contribution in [0.2, 0.25) is 0 Å². The highest BCUT2D eigenvalue weighted by atomic mass is 16.1. The van der Waals surface area contributed by atoms with Crippen molar-refractivity contribution in [2.24, 2.45) is 0 Å². The molecule has 0 saturated carbocycles. The largest absolute Gasteiger partial charge is 0.347 e. The SMILES string of the molecule is CCn1cc(C(=O)Nc2ccc(-n3nc(C)cc3C)nc2)c2ccccc21. The van der Waals surface area contributed by atoms with Crippen molar-refractivity contribution >= 4 is 22.5 Å². The molecule has 4 aromatic rings. The summed E-state index contributed by atoms with van der Waals surface area (Å²) < 4.78 is 3.87. The molecule has 1 aromatic carbocycles. The predicted molar refractivity (Wildman–Crippen MR) is 106 cm³/mol. The number of benzene rings is 1. The Morgan fingerprint density at radius 2 is 1.96 bits per heavy atom. The molecule has 0 aliphatic carbocycles. The van der Waals surface area contributed by atoms with Gasteiger partial charge >= 0.3 is 0 Å². The van der Waals surface area contributed by atoms with E-state index in [1.54, 1.807) is 10.9 Å². The lowest BCUT2D eigenvalue weighted by Crippen LogP contribution is -2.12. The number of amides is 1. The number of fused-ring (bicyclic) bond motifs is 1. The van der Waals surface area contributed by atoms with Crippen molar-refractivity contribution in [2.45, 2.75) is 27.3 Å². The Balaban J connectivity index is 1.59. The Hall–Kier alpha value is -3.41. The molecule has 6 heteroatoms. The van der Waals surface area contributed by atoms with Crippen molar-refractivity contribution in [1.82, 2.24) is 19.3 Å². The van der Waals surface area contributed by atoms with E-state index in [9.17, 15) is 4.79 Å². The third-order valence-electron chi connectivity index (χ3n) is 4.61. The number of anilines is 1. The molecular formula is C21H21N5O. The number of aryl methyl sites for hydroxylation is 3. The van der Waals surface area contributed by atoms with Gasteiger partial charge in [0.05, 0.1) is 23.1 Å². The van der Waals surface area contributed by atoms with Crippen LogP contribution in [-0.2, 0) is 6.54 Å². The van der Waals surface area contributed by atoms with Crippen molar-refractivity contribution in [1.29, 1.82) is 0 Å². The van der Waals surface area contributed by atoms with Crippen LogP contribution in [-0.4, -0.2) is 25.2 Å². The number of rotatable bonds is 4. The van der Waals surface area contributed by atoms with E-state index in [1.165, 1.54) is 0 Å². The van der Waals surface area contributed by atoms with E-state index in [0.29, 0.717) is 11.3 Å². The third kappa shape index (κ3) is 3.10. The molecule has 27 heavy (non-hydrogen) atoms. The number of nitrogens with zero attached hydrogens (tertiary/aromatic N) is 4. The summed E-state index contributed by atoms with van der Waals surface area (Å²) in [7, 11) is 0. The minimum Gasteiger partial charge on any atom is -0.347 e. The Kier molecular flexibility index (Phi) is 4.24. The molecule has 4 rings (SSSR count). The molecule has 136 valence electrons. The zero-order valence-electron chi connectivity index (χ0n) is 15.6. The standard InChI is InChI=1S/C21H21N5O/c1-4-25-13-18(17-7-5-6-8-19(17)25)21(27)23-16-9-10-20(22-12-16)26-15(3)11-14(2)24-26/h5-13H,4H2,1-3H3,(H,23,27). The van der Waals surface area contributed by atoms with Crippen LogP contribution in [0.4, 0.5) is 5.69 Å². The zero-order chi connectivity index (χ0) is 19.0. The van der Waals surface area contributed by atoms with Gasteiger partial charge < -0.3 is 9.88 Å². The van der Waals surface area contributed by atoms with Crippen molar-refractivity contribution in [3.8, 4) is 5.82 Å². The van der Waals surface area contributed by atoms with E-state index in [4.69, 9.17) is 0 Å². The molecule has 0 atom stereocenters. The lowest BCUT2D eigenvalue weighted by atomic mass is 10.1. The van der Waals surface area contributed by atoms with Gasteiger partial charge in [-0.25, -0.2) is 9.67 Å². The summed E-state index contributed by atoms with van der Waals surface area (Å²) in [6.07, 6.45) is 3.56. The van der Waals surface area contributed by atoms with Crippen molar-refractivity contribution in [3.63, 3.8) is 0 Å². The van der Waals surface area contributed by atoms with Gasteiger partial charge in [0.2, 0.25) is 0 Å². The van der Waals surface area contributed by atoms with Crippen LogP contribution in [0, 0.1) is 13.8 Å². The summed E-state index contributed by atoms with van der Waals surface area (Å²) in [6.45, 7) is 6.81. The van der Waals surface area contributed by atoms with Crippen LogP contribution in [0.3, 0.4) is 0 Å². The zero-order valence-corrected chi connectivity index (χ0v) is 15.6. The minimum atomic E-state index is -0.140. The number of aromatic nitrogens is 4. The first-order valence-electron chi connectivity index (χ1n) is 8.95. The normalized spacial score (nSPS) is 11.1. The molecule has 1 N–H and O–H groups in total. The van der Waals surface area contributed by atoms with Gasteiger partial charge in [-0.2, -0.15) is 5.10 Å². The Morgan fingerprint density at radius 3 is 2.63 bits per heavy atom. The molecule has 3 heterocycles. The van der Waals surface area contributed by atoms with E-state index in [-0.39, 0.29) is 5.91 Å². The summed E-state index contributed by atoms with van der Waals surface area (Å²) in [5.41, 5.74) is 4.33. The fourth-order valence-corrected chi connectivity index (χ4v) is 3.33. The first-order chi connectivity index (χ1) is 13.1. The van der Waals surface area contributed by atoms with Gasteiger partial charge in [-0.05, 0) is 45.0 Å². The van der Waals surface area contributed by atoms with Crippen molar-refractivity contribution in [2.75, 3.05) is 5.32 Å². The molecule has 6 nitrogen and oxygen atoms in total. The van der Waals surface area contributed by atoms with Crippen molar-refractivity contribution in [3.05, 3.63) is 71.8 Å². The second-order valence-corrected chi connectivity index (χ2v) is 6.54. The molecule has 0 aliphatic rings. The average molecular weight is 359 g/mol. The van der Waals surface area contributed by atoms with Gasteiger partial charge in [0, 0.05) is 29.3 Å². The van der Waals surface area contributed by atoms with Crippen LogP contribution in [0.1, 0.15) is 28.7 Å². The van der Waals surface area contributed by atoms with Crippen LogP contribution in [0.15, 0.2) is 54.9 Å². The number of hydrogen-bond donors (Lipinski definition) is 1. The first kappa shape index (κ1) is 17.0. The number of pyridine rings is 1. The van der Waals surface area contributed by atoms with E-state index in [2.05, 4.69) is 26.9 Å². The molecule has 0 radical (unpaired) electrons. The van der Waals surface area contributed by atoms with Gasteiger partial charge in [-0.1, -0.05) is 18.2 Å². The Morgan fingerprint density at radius 1 is 1.15 bits per heavy atom. The maximum absolute atomic E-state index is 12.8. The summed E-state index contributed by atoms with van der Waals surface area (Å²) in [5, 5.41) is 8.32. The third-order valence-corrected chi connectivity index (χ3v) is 4.61. The summed E-state index contributed by atoms with van der Waals surface area (Å²) in [5.74, 6) is 0.584. The maximum atomic E-state index is 12.8. The maximum Gasteiger partial charge on any atom is 0.257 e. The number of hydrogen-bond acceptors (Lipinski definition) is 3. The van der Waals surface area contributed by atoms with Gasteiger partial charge in [0.25, 0.3) is 5.91 Å². The summed E-state index contributed by atoms with van der Waals surface area (Å²) in [6, 6.07) is 13.6. The minimum absolute atomic E-state index is 0.140. The Labute approximate surface area is 157 Å².